The van der Waals surface area contributed by atoms with E-state index in [1.54, 1.807) is 0 Å². The molecule has 2 nitrogen and oxygen atoms in total. The van der Waals surface area contributed by atoms with Crippen molar-refractivity contribution in [3.63, 3.8) is 0 Å². The standard InChI is InChI=1S/C13H27NO/c1-6-7-11-10-12(8-9-14(11)5)15-13(2,3)4/h11-12H,6-10H2,1-5H3. The van der Waals surface area contributed by atoms with Gasteiger partial charge in [-0.1, -0.05) is 13.3 Å². The van der Waals surface area contributed by atoms with Crippen molar-refractivity contribution in [3.8, 4) is 0 Å². The maximum absolute atomic E-state index is 6.08. The van der Waals surface area contributed by atoms with E-state index in [0.717, 1.165) is 6.04 Å². The van der Waals surface area contributed by atoms with Crippen molar-refractivity contribution in [2.75, 3.05) is 13.6 Å². The monoisotopic (exact) mass is 213 g/mol. The number of rotatable bonds is 3. The fraction of sp³-hybridized carbons (Fsp3) is 1.00. The summed E-state index contributed by atoms with van der Waals surface area (Å²) in [6, 6.07) is 0.732. The summed E-state index contributed by atoms with van der Waals surface area (Å²) in [5, 5.41) is 0. The summed E-state index contributed by atoms with van der Waals surface area (Å²) in [4.78, 5) is 2.49. The predicted molar refractivity (Wildman–Crippen MR) is 65.2 cm³/mol. The largest absolute Gasteiger partial charge is 0.373 e. The summed E-state index contributed by atoms with van der Waals surface area (Å²) >= 11 is 0. The van der Waals surface area contributed by atoms with Crippen molar-refractivity contribution >= 4 is 0 Å². The van der Waals surface area contributed by atoms with Gasteiger partial charge in [0.1, 0.15) is 0 Å². The summed E-state index contributed by atoms with van der Waals surface area (Å²) < 4.78 is 6.08. The summed E-state index contributed by atoms with van der Waals surface area (Å²) in [6.07, 6.45) is 5.45. The van der Waals surface area contributed by atoms with E-state index in [2.05, 4.69) is 39.6 Å². The molecule has 1 heterocycles. The third-order valence-electron chi connectivity index (χ3n) is 3.10. The van der Waals surface area contributed by atoms with Crippen LogP contribution in [0.1, 0.15) is 53.4 Å². The Morgan fingerprint density at radius 1 is 1.33 bits per heavy atom. The summed E-state index contributed by atoms with van der Waals surface area (Å²) in [5.41, 5.74) is 0.0113. The van der Waals surface area contributed by atoms with Crippen molar-refractivity contribution in [2.45, 2.75) is 71.1 Å². The van der Waals surface area contributed by atoms with Gasteiger partial charge >= 0.3 is 0 Å². The quantitative estimate of drug-likeness (QED) is 0.714. The molecule has 0 N–H and O–H groups in total. The smallest absolute Gasteiger partial charge is 0.0609 e. The molecule has 15 heavy (non-hydrogen) atoms. The minimum absolute atomic E-state index is 0.0113. The molecule has 0 bridgehead atoms. The van der Waals surface area contributed by atoms with Crippen LogP contribution < -0.4 is 0 Å². The molecule has 0 aromatic carbocycles. The van der Waals surface area contributed by atoms with E-state index in [9.17, 15) is 0 Å². The first-order chi connectivity index (χ1) is 6.92. The van der Waals surface area contributed by atoms with Gasteiger partial charge in [0.05, 0.1) is 11.7 Å². The zero-order valence-corrected chi connectivity index (χ0v) is 11.0. The molecule has 0 saturated carbocycles. The van der Waals surface area contributed by atoms with Gasteiger partial charge in [0, 0.05) is 12.6 Å². The van der Waals surface area contributed by atoms with Crippen LogP contribution in [-0.4, -0.2) is 36.2 Å². The lowest BCUT2D eigenvalue weighted by Crippen LogP contribution is -2.44. The molecule has 1 aliphatic rings. The third kappa shape index (κ3) is 4.52. The van der Waals surface area contributed by atoms with E-state index in [1.165, 1.54) is 32.2 Å². The third-order valence-corrected chi connectivity index (χ3v) is 3.10. The normalized spacial score (nSPS) is 29.4. The number of nitrogens with zero attached hydrogens (tertiary/aromatic N) is 1. The maximum Gasteiger partial charge on any atom is 0.0609 e. The van der Waals surface area contributed by atoms with Crippen LogP contribution in [0.5, 0.6) is 0 Å². The van der Waals surface area contributed by atoms with Crippen molar-refractivity contribution in [2.24, 2.45) is 0 Å². The first-order valence-corrected chi connectivity index (χ1v) is 6.30. The first-order valence-electron chi connectivity index (χ1n) is 6.30. The van der Waals surface area contributed by atoms with Gasteiger partial charge in [-0.2, -0.15) is 0 Å². The highest BCUT2D eigenvalue weighted by Gasteiger charge is 2.28. The van der Waals surface area contributed by atoms with Crippen LogP contribution in [-0.2, 0) is 4.74 Å². The van der Waals surface area contributed by atoms with Crippen molar-refractivity contribution in [3.05, 3.63) is 0 Å². The van der Waals surface area contributed by atoms with Crippen molar-refractivity contribution in [1.29, 1.82) is 0 Å². The molecule has 0 aromatic heterocycles. The number of piperidine rings is 1. The Morgan fingerprint density at radius 2 is 2.00 bits per heavy atom. The van der Waals surface area contributed by atoms with E-state index >= 15 is 0 Å². The van der Waals surface area contributed by atoms with Gasteiger partial charge in [-0.15, -0.1) is 0 Å². The van der Waals surface area contributed by atoms with Crippen LogP contribution in [0.15, 0.2) is 0 Å². The lowest BCUT2D eigenvalue weighted by molar-refractivity contribution is -0.0910. The van der Waals surface area contributed by atoms with E-state index in [0.29, 0.717) is 6.10 Å². The van der Waals surface area contributed by atoms with Crippen molar-refractivity contribution < 1.29 is 4.74 Å². The molecular formula is C13H27NO. The molecule has 0 aliphatic carbocycles. The highest BCUT2D eigenvalue weighted by atomic mass is 16.5. The molecule has 2 unspecified atom stereocenters. The average Bonchev–Trinajstić information content (AvgIpc) is 2.09. The molecule has 0 amide bonds. The zero-order chi connectivity index (χ0) is 11.5. The van der Waals surface area contributed by atoms with E-state index in [1.807, 2.05) is 0 Å². The Labute approximate surface area is 95.0 Å². The van der Waals surface area contributed by atoms with Gasteiger partial charge in [-0.3, -0.25) is 0 Å². The Morgan fingerprint density at radius 3 is 2.53 bits per heavy atom. The van der Waals surface area contributed by atoms with E-state index in [-0.39, 0.29) is 5.60 Å². The zero-order valence-electron chi connectivity index (χ0n) is 11.0. The molecule has 2 heteroatoms. The highest BCUT2D eigenvalue weighted by molar-refractivity contribution is 4.81. The molecule has 90 valence electrons. The Bertz CT molecular complexity index is 185. The molecule has 1 aliphatic heterocycles. The van der Waals surface area contributed by atoms with Crippen LogP contribution in [0, 0.1) is 0 Å². The molecule has 0 spiro atoms. The fourth-order valence-electron chi connectivity index (χ4n) is 2.41. The predicted octanol–water partition coefficient (Wildman–Crippen LogP) is 3.06. The number of hydrogen-bond acceptors (Lipinski definition) is 2. The molecular weight excluding hydrogens is 186 g/mol. The Balaban J connectivity index is 2.43. The van der Waals surface area contributed by atoms with Crippen LogP contribution >= 0.6 is 0 Å². The minimum Gasteiger partial charge on any atom is -0.373 e. The Kier molecular flexibility index (Phi) is 4.60. The number of hydrogen-bond donors (Lipinski definition) is 0. The van der Waals surface area contributed by atoms with E-state index < -0.39 is 0 Å². The van der Waals surface area contributed by atoms with Gasteiger partial charge in [-0.25, -0.2) is 0 Å². The molecule has 2 atom stereocenters. The van der Waals surface area contributed by atoms with Gasteiger partial charge in [0.15, 0.2) is 0 Å². The van der Waals surface area contributed by atoms with Crippen LogP contribution in [0.3, 0.4) is 0 Å². The summed E-state index contributed by atoms with van der Waals surface area (Å²) in [7, 11) is 2.24. The fourth-order valence-corrected chi connectivity index (χ4v) is 2.41. The average molecular weight is 213 g/mol. The molecule has 0 radical (unpaired) electrons. The van der Waals surface area contributed by atoms with Gasteiger partial charge in [0.2, 0.25) is 0 Å². The van der Waals surface area contributed by atoms with Crippen LogP contribution in [0.4, 0.5) is 0 Å². The topological polar surface area (TPSA) is 12.5 Å². The van der Waals surface area contributed by atoms with Gasteiger partial charge < -0.3 is 9.64 Å². The molecule has 1 fully saturated rings. The van der Waals surface area contributed by atoms with E-state index in [4.69, 9.17) is 4.74 Å². The number of likely N-dealkylation sites (tertiary alicyclic amines) is 1. The summed E-state index contributed by atoms with van der Waals surface area (Å²) in [6.45, 7) is 9.91. The lowest BCUT2D eigenvalue weighted by atomic mass is 9.96. The highest BCUT2D eigenvalue weighted by Crippen LogP contribution is 2.25. The summed E-state index contributed by atoms with van der Waals surface area (Å²) in [5.74, 6) is 0. The van der Waals surface area contributed by atoms with Crippen LogP contribution in [0.25, 0.3) is 0 Å². The second kappa shape index (κ2) is 5.31. The second-order valence-electron chi connectivity index (χ2n) is 5.80. The molecule has 0 aromatic rings. The Hall–Kier alpha value is -0.0800. The maximum atomic E-state index is 6.08. The second-order valence-corrected chi connectivity index (χ2v) is 5.80. The van der Waals surface area contributed by atoms with Gasteiger partial charge in [-0.05, 0) is 47.1 Å². The van der Waals surface area contributed by atoms with Crippen LogP contribution in [0.2, 0.25) is 0 Å². The lowest BCUT2D eigenvalue weighted by Gasteiger charge is -2.39. The van der Waals surface area contributed by atoms with Gasteiger partial charge in [0.25, 0.3) is 0 Å². The molecule has 1 rings (SSSR count). The van der Waals surface area contributed by atoms with Crippen molar-refractivity contribution in [1.82, 2.24) is 4.90 Å². The molecule has 1 saturated heterocycles. The first kappa shape index (κ1) is 13.0. The SMILES string of the molecule is CCCC1CC(OC(C)(C)C)CCN1C. The number of ether oxygens (including phenoxy) is 1. The minimum atomic E-state index is 0.0113.